The molecule has 0 unspecified atom stereocenters. The maximum absolute atomic E-state index is 13.1. The van der Waals surface area contributed by atoms with Crippen molar-refractivity contribution in [2.75, 3.05) is 39.4 Å². The van der Waals surface area contributed by atoms with Crippen LogP contribution in [-0.2, 0) is 9.53 Å². The fourth-order valence-corrected chi connectivity index (χ4v) is 4.35. The molecule has 0 spiro atoms. The molecule has 2 aliphatic heterocycles. The Bertz CT molecular complexity index is 691. The van der Waals surface area contributed by atoms with Crippen molar-refractivity contribution < 1.29 is 19.4 Å². The van der Waals surface area contributed by atoms with E-state index in [1.807, 2.05) is 17.9 Å². The second-order valence-corrected chi connectivity index (χ2v) is 7.84. The van der Waals surface area contributed by atoms with Crippen LogP contribution in [0.4, 0.5) is 0 Å². The Morgan fingerprint density at radius 2 is 2.00 bits per heavy atom. The van der Waals surface area contributed by atoms with Crippen LogP contribution in [0, 0.1) is 12.8 Å². The fourth-order valence-electron chi connectivity index (χ4n) is 4.18. The molecule has 6 nitrogen and oxygen atoms in total. The van der Waals surface area contributed by atoms with Gasteiger partial charge >= 0.3 is 5.97 Å². The summed E-state index contributed by atoms with van der Waals surface area (Å²) >= 11 is 6.08. The summed E-state index contributed by atoms with van der Waals surface area (Å²) < 4.78 is 5.45. The van der Waals surface area contributed by atoms with Crippen LogP contribution in [0.1, 0.15) is 35.2 Å². The Morgan fingerprint density at radius 3 is 2.70 bits per heavy atom. The van der Waals surface area contributed by atoms with Crippen molar-refractivity contribution in [2.24, 2.45) is 5.92 Å². The highest BCUT2D eigenvalue weighted by Gasteiger charge is 2.36. The lowest BCUT2D eigenvalue weighted by atomic mass is 9.86. The van der Waals surface area contributed by atoms with Gasteiger partial charge in [-0.25, -0.2) is 0 Å². The normalized spacial score (nSPS) is 24.0. The maximum Gasteiger partial charge on any atom is 0.303 e. The summed E-state index contributed by atoms with van der Waals surface area (Å²) in [6.45, 7) is 6.34. The Kier molecular flexibility index (Phi) is 6.73. The Morgan fingerprint density at radius 1 is 1.26 bits per heavy atom. The predicted molar refractivity (Wildman–Crippen MR) is 103 cm³/mol. The van der Waals surface area contributed by atoms with E-state index >= 15 is 0 Å². The van der Waals surface area contributed by atoms with Crippen LogP contribution in [0.3, 0.4) is 0 Å². The second-order valence-electron chi connectivity index (χ2n) is 7.41. The summed E-state index contributed by atoms with van der Waals surface area (Å²) in [6.07, 6.45) is 1.56. The molecule has 1 amide bonds. The Hall–Kier alpha value is -1.63. The summed E-state index contributed by atoms with van der Waals surface area (Å²) in [5.74, 6) is -0.656. The van der Waals surface area contributed by atoms with E-state index in [0.717, 1.165) is 25.1 Å². The van der Waals surface area contributed by atoms with Crippen molar-refractivity contribution >= 4 is 23.5 Å². The number of piperidine rings is 1. The van der Waals surface area contributed by atoms with Gasteiger partial charge < -0.3 is 14.7 Å². The van der Waals surface area contributed by atoms with Crippen molar-refractivity contribution in [3.05, 3.63) is 34.3 Å². The summed E-state index contributed by atoms with van der Waals surface area (Å²) in [4.78, 5) is 28.4. The van der Waals surface area contributed by atoms with Gasteiger partial charge in [0, 0.05) is 49.2 Å². The molecule has 2 aliphatic rings. The van der Waals surface area contributed by atoms with E-state index in [1.165, 1.54) is 0 Å². The van der Waals surface area contributed by atoms with Gasteiger partial charge in [0.05, 0.1) is 13.2 Å². The molecule has 0 aromatic heterocycles. The Balaban J connectivity index is 1.74. The monoisotopic (exact) mass is 394 g/mol. The smallest absolute Gasteiger partial charge is 0.303 e. The van der Waals surface area contributed by atoms with Crippen molar-refractivity contribution in [2.45, 2.75) is 32.2 Å². The molecular formula is C20H27ClN2O4. The molecule has 2 saturated heterocycles. The zero-order chi connectivity index (χ0) is 19.4. The number of carboxylic acid groups (broad SMARTS) is 1. The molecule has 7 heteroatoms. The van der Waals surface area contributed by atoms with Crippen LogP contribution in [0.25, 0.3) is 0 Å². The van der Waals surface area contributed by atoms with Gasteiger partial charge in [-0.1, -0.05) is 17.7 Å². The number of aliphatic carboxylic acids is 1. The highest BCUT2D eigenvalue weighted by molar-refractivity contribution is 6.31. The van der Waals surface area contributed by atoms with Crippen molar-refractivity contribution in [3.8, 4) is 0 Å². The second kappa shape index (κ2) is 9.04. The molecule has 1 N–H and O–H groups in total. The average molecular weight is 395 g/mol. The zero-order valence-electron chi connectivity index (χ0n) is 15.7. The summed E-state index contributed by atoms with van der Waals surface area (Å²) in [5, 5.41) is 9.68. The van der Waals surface area contributed by atoms with Crippen molar-refractivity contribution in [3.63, 3.8) is 0 Å². The topological polar surface area (TPSA) is 70.1 Å². The van der Waals surface area contributed by atoms with E-state index in [9.17, 15) is 9.59 Å². The first-order chi connectivity index (χ1) is 13.0. The number of nitrogens with zero attached hydrogens (tertiary/aromatic N) is 2. The SMILES string of the molecule is Cc1ccc(Cl)cc1C(=O)N1CC[C@H](N2CCOCC2)[C@H](CCC(=O)O)C1. The number of hydrogen-bond donors (Lipinski definition) is 1. The van der Waals surface area contributed by atoms with Crippen LogP contribution >= 0.6 is 11.6 Å². The molecular weight excluding hydrogens is 368 g/mol. The minimum Gasteiger partial charge on any atom is -0.481 e. The van der Waals surface area contributed by atoms with E-state index < -0.39 is 5.97 Å². The van der Waals surface area contributed by atoms with E-state index in [0.29, 0.717) is 49.4 Å². The van der Waals surface area contributed by atoms with E-state index in [1.54, 1.807) is 12.1 Å². The number of carbonyl (C=O) groups excluding carboxylic acids is 1. The van der Waals surface area contributed by atoms with Gasteiger partial charge in [0.15, 0.2) is 0 Å². The first-order valence-corrected chi connectivity index (χ1v) is 9.92. The third-order valence-corrected chi connectivity index (χ3v) is 5.89. The van der Waals surface area contributed by atoms with Crippen LogP contribution in [0.2, 0.25) is 5.02 Å². The molecule has 0 aliphatic carbocycles. The van der Waals surface area contributed by atoms with Crippen LogP contribution < -0.4 is 0 Å². The predicted octanol–water partition coefficient (Wildman–Crippen LogP) is 2.68. The number of amides is 1. The molecule has 2 atom stereocenters. The fraction of sp³-hybridized carbons (Fsp3) is 0.600. The van der Waals surface area contributed by atoms with Gasteiger partial charge in [-0.05, 0) is 43.4 Å². The summed E-state index contributed by atoms with van der Waals surface area (Å²) in [6, 6.07) is 5.67. The van der Waals surface area contributed by atoms with Gasteiger partial charge in [0.2, 0.25) is 0 Å². The van der Waals surface area contributed by atoms with Gasteiger partial charge in [-0.3, -0.25) is 14.5 Å². The zero-order valence-corrected chi connectivity index (χ0v) is 16.5. The van der Waals surface area contributed by atoms with Gasteiger partial charge in [0.1, 0.15) is 0 Å². The molecule has 3 rings (SSSR count). The number of hydrogen-bond acceptors (Lipinski definition) is 4. The third-order valence-electron chi connectivity index (χ3n) is 5.65. The minimum atomic E-state index is -0.787. The van der Waals surface area contributed by atoms with E-state index in [2.05, 4.69) is 4.90 Å². The number of halogens is 1. The van der Waals surface area contributed by atoms with E-state index in [4.69, 9.17) is 21.4 Å². The molecule has 0 bridgehead atoms. The lowest BCUT2D eigenvalue weighted by molar-refractivity contribution is -0.137. The number of morpholine rings is 1. The minimum absolute atomic E-state index is 0.0178. The number of carboxylic acids is 1. The molecule has 27 heavy (non-hydrogen) atoms. The van der Waals surface area contributed by atoms with Gasteiger partial charge in [0.25, 0.3) is 5.91 Å². The largest absolute Gasteiger partial charge is 0.481 e. The van der Waals surface area contributed by atoms with Crippen molar-refractivity contribution in [1.29, 1.82) is 0 Å². The van der Waals surface area contributed by atoms with Gasteiger partial charge in [-0.2, -0.15) is 0 Å². The number of ether oxygens (including phenoxy) is 1. The number of benzene rings is 1. The summed E-state index contributed by atoms with van der Waals surface area (Å²) in [7, 11) is 0. The number of likely N-dealkylation sites (tertiary alicyclic amines) is 1. The molecule has 0 saturated carbocycles. The standard InChI is InChI=1S/C20H27ClN2O4/c1-14-2-4-16(21)12-17(14)20(26)23-7-6-18(22-8-10-27-11-9-22)15(13-23)3-5-19(24)25/h2,4,12,15,18H,3,5-11,13H2,1H3,(H,24,25)/t15-,18+/m1/s1. The van der Waals surface area contributed by atoms with Crippen LogP contribution in [-0.4, -0.2) is 72.2 Å². The average Bonchev–Trinajstić information content (AvgIpc) is 2.68. The molecule has 1 aromatic carbocycles. The van der Waals surface area contributed by atoms with Gasteiger partial charge in [-0.15, -0.1) is 0 Å². The first-order valence-electron chi connectivity index (χ1n) is 9.54. The molecule has 2 heterocycles. The lowest BCUT2D eigenvalue weighted by Crippen LogP contribution is -2.55. The molecule has 148 valence electrons. The van der Waals surface area contributed by atoms with Crippen LogP contribution in [0.15, 0.2) is 18.2 Å². The summed E-state index contributed by atoms with van der Waals surface area (Å²) in [5.41, 5.74) is 1.53. The maximum atomic E-state index is 13.1. The highest BCUT2D eigenvalue weighted by Crippen LogP contribution is 2.29. The highest BCUT2D eigenvalue weighted by atomic mass is 35.5. The molecule has 0 radical (unpaired) electrons. The quantitative estimate of drug-likeness (QED) is 0.831. The molecule has 2 fully saturated rings. The molecule has 1 aromatic rings. The Labute approximate surface area is 165 Å². The van der Waals surface area contributed by atoms with E-state index in [-0.39, 0.29) is 18.2 Å². The van der Waals surface area contributed by atoms with Crippen molar-refractivity contribution in [1.82, 2.24) is 9.80 Å². The number of carbonyl (C=O) groups is 2. The number of rotatable bonds is 5. The first kappa shape index (κ1) is 20.1. The third kappa shape index (κ3) is 5.00. The lowest BCUT2D eigenvalue weighted by Gasteiger charge is -2.45. The van der Waals surface area contributed by atoms with Crippen LogP contribution in [0.5, 0.6) is 0 Å². The number of aryl methyl sites for hydroxylation is 1.